The minimum Gasteiger partial charge on any atom is -0.362 e. The van der Waals surface area contributed by atoms with E-state index in [9.17, 15) is 9.59 Å². The molecule has 0 saturated heterocycles. The maximum absolute atomic E-state index is 13.6. The lowest BCUT2D eigenvalue weighted by Gasteiger charge is -2.31. The van der Waals surface area contributed by atoms with Gasteiger partial charge >= 0.3 is 0 Å². The van der Waals surface area contributed by atoms with Crippen molar-refractivity contribution in [1.29, 1.82) is 0 Å². The van der Waals surface area contributed by atoms with Gasteiger partial charge in [-0.1, -0.05) is 65.7 Å². The van der Waals surface area contributed by atoms with E-state index in [4.69, 9.17) is 21.6 Å². The van der Waals surface area contributed by atoms with E-state index in [0.29, 0.717) is 22.3 Å². The van der Waals surface area contributed by atoms with Crippen molar-refractivity contribution >= 4 is 57.7 Å². The highest BCUT2D eigenvalue weighted by Gasteiger charge is 2.28. The number of aromatic nitrogens is 2. The molecule has 1 amide bonds. The molecule has 0 bridgehead atoms. The van der Waals surface area contributed by atoms with Gasteiger partial charge in [0.15, 0.2) is 5.78 Å². The fourth-order valence-electron chi connectivity index (χ4n) is 5.35. The standard InChI is InChI=1S/C34H38ClN5O2S/c1-22-8-12-24(13-9-22)30(41)20-31(43-21-23-10-14-25(35)15-11-23)33(42)36-26-16-18-27(19-17-26)37-34-38-29-7-5-4-6-28(29)32(39-34)40(2)3/h4-15,26-27,31H,16-21H2,1-3H3,(H,36,42)(H,37,38,39)/t26-,27+,31?. The summed E-state index contributed by atoms with van der Waals surface area (Å²) in [5.74, 6) is 2.03. The first-order chi connectivity index (χ1) is 20.7. The fraction of sp³-hybridized carbons (Fsp3) is 0.353. The van der Waals surface area contributed by atoms with Crippen molar-refractivity contribution in [3.63, 3.8) is 0 Å². The van der Waals surface area contributed by atoms with Crippen molar-refractivity contribution in [3.05, 3.63) is 94.5 Å². The van der Waals surface area contributed by atoms with E-state index >= 15 is 0 Å². The molecule has 1 aromatic heterocycles. The second-order valence-corrected chi connectivity index (χ2v) is 13.0. The summed E-state index contributed by atoms with van der Waals surface area (Å²) < 4.78 is 0. The molecule has 9 heteroatoms. The second-order valence-electron chi connectivity index (χ2n) is 11.4. The van der Waals surface area contributed by atoms with E-state index in [0.717, 1.165) is 53.5 Å². The Balaban J connectivity index is 1.20. The normalized spacial score (nSPS) is 17.3. The number of ketones is 1. The van der Waals surface area contributed by atoms with Crippen LogP contribution in [0.1, 0.15) is 53.6 Å². The number of nitrogens with one attached hydrogen (secondary N) is 2. The van der Waals surface area contributed by atoms with Gasteiger partial charge in [0.2, 0.25) is 11.9 Å². The highest BCUT2D eigenvalue weighted by molar-refractivity contribution is 7.99. The Labute approximate surface area is 262 Å². The number of hydrogen-bond acceptors (Lipinski definition) is 7. The summed E-state index contributed by atoms with van der Waals surface area (Å²) in [6.07, 6.45) is 3.63. The molecule has 3 aromatic carbocycles. The number of halogens is 1. The lowest BCUT2D eigenvalue weighted by molar-refractivity contribution is -0.121. The summed E-state index contributed by atoms with van der Waals surface area (Å²) in [6, 6.07) is 23.5. The second kappa shape index (κ2) is 14.2. The van der Waals surface area contributed by atoms with Crippen LogP contribution in [0.5, 0.6) is 0 Å². The van der Waals surface area contributed by atoms with Crippen LogP contribution < -0.4 is 15.5 Å². The molecular formula is C34H38ClN5O2S. The Hall–Kier alpha value is -3.62. The molecule has 1 aliphatic carbocycles. The number of nitrogens with zero attached hydrogens (tertiary/aromatic N) is 3. The molecule has 0 radical (unpaired) electrons. The van der Waals surface area contributed by atoms with Crippen molar-refractivity contribution < 1.29 is 9.59 Å². The molecular weight excluding hydrogens is 578 g/mol. The summed E-state index contributed by atoms with van der Waals surface area (Å²) in [5.41, 5.74) is 3.70. The first-order valence-electron chi connectivity index (χ1n) is 14.7. The fourth-order valence-corrected chi connectivity index (χ4v) is 6.56. The van der Waals surface area contributed by atoms with Gasteiger partial charge in [0.1, 0.15) is 5.82 Å². The van der Waals surface area contributed by atoms with E-state index in [1.807, 2.05) is 98.7 Å². The van der Waals surface area contributed by atoms with Crippen LogP contribution in [0.4, 0.5) is 11.8 Å². The van der Waals surface area contributed by atoms with Crippen LogP contribution in [0, 0.1) is 6.92 Å². The highest BCUT2D eigenvalue weighted by atomic mass is 35.5. The number of carbonyl (C=O) groups is 2. The smallest absolute Gasteiger partial charge is 0.233 e. The van der Waals surface area contributed by atoms with E-state index < -0.39 is 5.25 Å². The Morgan fingerprint density at radius 2 is 1.60 bits per heavy atom. The van der Waals surface area contributed by atoms with Crippen molar-refractivity contribution in [2.45, 2.75) is 62.1 Å². The van der Waals surface area contributed by atoms with Gasteiger partial charge in [-0.25, -0.2) is 4.98 Å². The minimum atomic E-state index is -0.490. The van der Waals surface area contributed by atoms with Gasteiger partial charge in [0.25, 0.3) is 0 Å². The molecule has 7 nitrogen and oxygen atoms in total. The Morgan fingerprint density at radius 1 is 0.930 bits per heavy atom. The predicted octanol–water partition coefficient (Wildman–Crippen LogP) is 7.07. The summed E-state index contributed by atoms with van der Waals surface area (Å²) in [7, 11) is 3.98. The lowest BCUT2D eigenvalue weighted by Crippen LogP contribution is -2.44. The number of Topliss-reactive ketones (excluding diaryl/α,β-unsaturated/α-hetero) is 1. The third-order valence-electron chi connectivity index (χ3n) is 7.81. The molecule has 1 aliphatic rings. The molecule has 1 fully saturated rings. The van der Waals surface area contributed by atoms with Gasteiger partial charge in [-0.3, -0.25) is 9.59 Å². The molecule has 1 atom stereocenters. The van der Waals surface area contributed by atoms with Gasteiger partial charge in [0, 0.05) is 54.3 Å². The Bertz CT molecular complexity index is 1550. The number of thioether (sulfide) groups is 1. The first kappa shape index (κ1) is 30.8. The van der Waals surface area contributed by atoms with Gasteiger partial charge < -0.3 is 15.5 Å². The SMILES string of the molecule is Cc1ccc(C(=O)CC(SCc2ccc(Cl)cc2)C(=O)N[C@H]2CC[C@@H](Nc3nc(N(C)C)c4ccccc4n3)CC2)cc1. The van der Waals surface area contributed by atoms with Gasteiger partial charge in [-0.15, -0.1) is 11.8 Å². The predicted molar refractivity (Wildman–Crippen MR) is 178 cm³/mol. The van der Waals surface area contributed by atoms with Crippen molar-refractivity contribution in [1.82, 2.24) is 15.3 Å². The largest absolute Gasteiger partial charge is 0.362 e. The van der Waals surface area contributed by atoms with E-state index in [-0.39, 0.29) is 30.2 Å². The van der Waals surface area contributed by atoms with Crippen LogP contribution in [0.3, 0.4) is 0 Å². The van der Waals surface area contributed by atoms with Crippen LogP contribution in [-0.2, 0) is 10.5 Å². The number of anilines is 2. The van der Waals surface area contributed by atoms with E-state index in [1.165, 1.54) is 11.8 Å². The van der Waals surface area contributed by atoms with Crippen molar-refractivity contribution in [2.75, 3.05) is 24.3 Å². The van der Waals surface area contributed by atoms with Gasteiger partial charge in [-0.2, -0.15) is 4.98 Å². The number of hydrogen-bond donors (Lipinski definition) is 2. The van der Waals surface area contributed by atoms with Gasteiger partial charge in [-0.05, 0) is 62.4 Å². The summed E-state index contributed by atoms with van der Waals surface area (Å²) in [4.78, 5) is 38.3. The summed E-state index contributed by atoms with van der Waals surface area (Å²) in [5, 5.41) is 8.01. The number of rotatable bonds is 11. The molecule has 4 aromatic rings. The van der Waals surface area contributed by atoms with Crippen molar-refractivity contribution in [3.8, 4) is 0 Å². The summed E-state index contributed by atoms with van der Waals surface area (Å²) in [6.45, 7) is 1.99. The Kier molecular flexibility index (Phi) is 10.2. The Morgan fingerprint density at radius 3 is 2.30 bits per heavy atom. The van der Waals surface area contributed by atoms with E-state index in [1.54, 1.807) is 0 Å². The zero-order chi connectivity index (χ0) is 30.3. The number of fused-ring (bicyclic) bond motifs is 1. The van der Waals surface area contributed by atoms with Crippen LogP contribution in [0.25, 0.3) is 10.9 Å². The zero-order valence-corrected chi connectivity index (χ0v) is 26.4. The molecule has 5 rings (SSSR count). The molecule has 0 aliphatic heterocycles. The number of carbonyl (C=O) groups excluding carboxylic acids is 2. The highest BCUT2D eigenvalue weighted by Crippen LogP contribution is 2.28. The van der Waals surface area contributed by atoms with Crippen LogP contribution in [0.15, 0.2) is 72.8 Å². The average molecular weight is 616 g/mol. The lowest BCUT2D eigenvalue weighted by atomic mass is 9.91. The molecule has 2 N–H and O–H groups in total. The third-order valence-corrected chi connectivity index (χ3v) is 9.35. The zero-order valence-electron chi connectivity index (χ0n) is 24.8. The molecule has 1 unspecified atom stereocenters. The maximum atomic E-state index is 13.6. The van der Waals surface area contributed by atoms with E-state index in [2.05, 4.69) is 10.6 Å². The van der Waals surface area contributed by atoms with Crippen molar-refractivity contribution in [2.24, 2.45) is 0 Å². The molecule has 43 heavy (non-hydrogen) atoms. The van der Waals surface area contributed by atoms with Crippen LogP contribution >= 0.6 is 23.4 Å². The number of amides is 1. The number of para-hydroxylation sites is 1. The maximum Gasteiger partial charge on any atom is 0.233 e. The number of aryl methyl sites for hydroxylation is 1. The summed E-state index contributed by atoms with van der Waals surface area (Å²) >= 11 is 7.55. The molecule has 224 valence electrons. The quantitative estimate of drug-likeness (QED) is 0.174. The number of benzene rings is 3. The molecule has 1 saturated carbocycles. The third kappa shape index (κ3) is 8.27. The molecule has 1 heterocycles. The van der Waals surface area contributed by atoms with Crippen LogP contribution in [-0.4, -0.2) is 53.1 Å². The van der Waals surface area contributed by atoms with Crippen LogP contribution in [0.2, 0.25) is 5.02 Å². The average Bonchev–Trinajstić information content (AvgIpc) is 3.00. The monoisotopic (exact) mass is 615 g/mol. The first-order valence-corrected chi connectivity index (χ1v) is 16.1. The minimum absolute atomic E-state index is 0.0239. The molecule has 0 spiro atoms. The topological polar surface area (TPSA) is 87.2 Å². The van der Waals surface area contributed by atoms with Gasteiger partial charge in [0.05, 0.1) is 10.8 Å².